The highest BCUT2D eigenvalue weighted by Gasteiger charge is 2.10. The van der Waals surface area contributed by atoms with Crippen molar-refractivity contribution in [3.05, 3.63) is 58.6 Å². The normalized spacial score (nSPS) is 10.9. The number of hydrogen-bond acceptors (Lipinski definition) is 5. The van der Waals surface area contributed by atoms with Crippen molar-refractivity contribution in [2.45, 2.75) is 25.9 Å². The summed E-state index contributed by atoms with van der Waals surface area (Å²) < 4.78 is 6.20. The molecule has 0 fully saturated rings. The highest BCUT2D eigenvalue weighted by atomic mass is 32.1. The quantitative estimate of drug-likeness (QED) is 0.610. The molecule has 1 amide bonds. The lowest BCUT2D eigenvalue weighted by atomic mass is 10.1. The van der Waals surface area contributed by atoms with E-state index in [1.807, 2.05) is 24.3 Å². The molecule has 2 aromatic carbocycles. The summed E-state index contributed by atoms with van der Waals surface area (Å²) in [5.74, 6) is -1.19. The minimum atomic E-state index is -1.04. The van der Waals surface area contributed by atoms with Gasteiger partial charge < -0.3 is 15.2 Å². The minimum absolute atomic E-state index is 0.120. The van der Waals surface area contributed by atoms with Gasteiger partial charge in [-0.1, -0.05) is 12.1 Å². The first-order chi connectivity index (χ1) is 13.0. The van der Waals surface area contributed by atoms with Crippen LogP contribution in [0.5, 0.6) is 0 Å². The SMILES string of the molecule is COCc1cc(NC(=O)CCCc2nc3ccccc3s2)cc(C(=O)O)c1. The number of nitrogens with zero attached hydrogens (tertiary/aromatic N) is 1. The summed E-state index contributed by atoms with van der Waals surface area (Å²) in [6.45, 7) is 0.279. The average Bonchev–Trinajstić information content (AvgIpc) is 3.04. The number of aromatic carboxylic acids is 1. The van der Waals surface area contributed by atoms with E-state index in [0.717, 1.165) is 21.6 Å². The molecule has 1 aromatic heterocycles. The zero-order chi connectivity index (χ0) is 19.2. The van der Waals surface area contributed by atoms with Crippen LogP contribution in [0.4, 0.5) is 5.69 Å². The number of carbonyl (C=O) groups is 2. The van der Waals surface area contributed by atoms with Crippen molar-refractivity contribution in [2.24, 2.45) is 0 Å². The lowest BCUT2D eigenvalue weighted by Crippen LogP contribution is -2.12. The number of rotatable bonds is 8. The first kappa shape index (κ1) is 19.0. The van der Waals surface area contributed by atoms with Gasteiger partial charge in [0.25, 0.3) is 0 Å². The summed E-state index contributed by atoms with van der Waals surface area (Å²) in [5, 5.41) is 13.0. The predicted molar refractivity (Wildman–Crippen MR) is 105 cm³/mol. The van der Waals surface area contributed by atoms with Gasteiger partial charge in [0, 0.05) is 19.2 Å². The largest absolute Gasteiger partial charge is 0.478 e. The Balaban J connectivity index is 1.57. The Hall–Kier alpha value is -2.77. The molecule has 0 bridgehead atoms. The zero-order valence-electron chi connectivity index (χ0n) is 14.9. The predicted octanol–water partition coefficient (Wildman–Crippen LogP) is 4.10. The molecule has 140 valence electrons. The summed E-state index contributed by atoms with van der Waals surface area (Å²) in [4.78, 5) is 28.0. The number of hydrogen-bond donors (Lipinski definition) is 2. The molecule has 27 heavy (non-hydrogen) atoms. The molecule has 0 aliphatic rings. The third-order valence-corrected chi connectivity index (χ3v) is 5.06. The first-order valence-electron chi connectivity index (χ1n) is 8.55. The molecule has 2 N–H and O–H groups in total. The zero-order valence-corrected chi connectivity index (χ0v) is 15.7. The number of methoxy groups -OCH3 is 1. The number of amides is 1. The standard InChI is InChI=1S/C20H20N2O4S/c1-26-12-13-9-14(20(24)25)11-15(10-13)21-18(23)7-4-8-19-22-16-5-2-3-6-17(16)27-19/h2-3,5-6,9-11H,4,7-8,12H2,1H3,(H,21,23)(H,24,25). The Morgan fingerprint density at radius 1 is 1.22 bits per heavy atom. The van der Waals surface area contributed by atoms with Gasteiger partial charge in [0.15, 0.2) is 0 Å². The van der Waals surface area contributed by atoms with Crippen LogP contribution in [-0.2, 0) is 22.6 Å². The number of benzene rings is 2. The van der Waals surface area contributed by atoms with Gasteiger partial charge in [0.1, 0.15) is 0 Å². The first-order valence-corrected chi connectivity index (χ1v) is 9.37. The van der Waals surface area contributed by atoms with Crippen molar-refractivity contribution in [1.29, 1.82) is 0 Å². The van der Waals surface area contributed by atoms with E-state index < -0.39 is 5.97 Å². The van der Waals surface area contributed by atoms with E-state index in [1.165, 1.54) is 19.2 Å². The molecule has 0 spiro atoms. The van der Waals surface area contributed by atoms with Crippen LogP contribution < -0.4 is 5.32 Å². The number of nitrogens with one attached hydrogen (secondary N) is 1. The van der Waals surface area contributed by atoms with Gasteiger partial charge >= 0.3 is 5.97 Å². The Morgan fingerprint density at radius 3 is 2.78 bits per heavy atom. The molecule has 6 nitrogen and oxygen atoms in total. The number of fused-ring (bicyclic) bond motifs is 1. The summed E-state index contributed by atoms with van der Waals surface area (Å²) >= 11 is 1.64. The minimum Gasteiger partial charge on any atom is -0.478 e. The number of aryl methyl sites for hydroxylation is 1. The van der Waals surface area contributed by atoms with Gasteiger partial charge in [-0.05, 0) is 48.7 Å². The molecule has 0 aliphatic carbocycles. The number of para-hydroxylation sites is 1. The summed E-state index contributed by atoms with van der Waals surface area (Å²) in [5.41, 5.74) is 2.27. The Labute approximate surface area is 160 Å². The molecule has 1 heterocycles. The van der Waals surface area contributed by atoms with Crippen molar-refractivity contribution in [2.75, 3.05) is 12.4 Å². The number of carboxylic acid groups (broad SMARTS) is 1. The van der Waals surface area contributed by atoms with Crippen molar-refractivity contribution >= 4 is 39.1 Å². The van der Waals surface area contributed by atoms with E-state index in [-0.39, 0.29) is 18.1 Å². The van der Waals surface area contributed by atoms with Crippen LogP contribution in [0, 0.1) is 0 Å². The number of carbonyl (C=O) groups excluding carboxylic acids is 1. The van der Waals surface area contributed by atoms with Gasteiger partial charge in [-0.3, -0.25) is 4.79 Å². The molecule has 7 heteroatoms. The van der Waals surface area contributed by atoms with Crippen LogP contribution in [0.15, 0.2) is 42.5 Å². The van der Waals surface area contributed by atoms with Gasteiger partial charge in [-0.25, -0.2) is 9.78 Å². The highest BCUT2D eigenvalue weighted by molar-refractivity contribution is 7.18. The monoisotopic (exact) mass is 384 g/mol. The lowest BCUT2D eigenvalue weighted by Gasteiger charge is -2.09. The van der Waals surface area contributed by atoms with E-state index in [1.54, 1.807) is 17.4 Å². The van der Waals surface area contributed by atoms with E-state index >= 15 is 0 Å². The van der Waals surface area contributed by atoms with E-state index in [0.29, 0.717) is 24.1 Å². The number of aromatic nitrogens is 1. The van der Waals surface area contributed by atoms with Crippen LogP contribution in [0.25, 0.3) is 10.2 Å². The van der Waals surface area contributed by atoms with E-state index in [9.17, 15) is 14.7 Å². The molecule has 3 rings (SSSR count). The maximum atomic E-state index is 12.2. The van der Waals surface area contributed by atoms with Gasteiger partial charge in [-0.2, -0.15) is 0 Å². The number of carboxylic acids is 1. The molecule has 0 unspecified atom stereocenters. The van der Waals surface area contributed by atoms with Crippen LogP contribution in [0.3, 0.4) is 0 Å². The van der Waals surface area contributed by atoms with Crippen molar-refractivity contribution < 1.29 is 19.4 Å². The van der Waals surface area contributed by atoms with Crippen LogP contribution in [0.1, 0.15) is 33.8 Å². The summed E-state index contributed by atoms with van der Waals surface area (Å²) in [6.07, 6.45) is 1.75. The molecule has 0 aliphatic heterocycles. The maximum absolute atomic E-state index is 12.2. The van der Waals surface area contributed by atoms with E-state index in [2.05, 4.69) is 10.3 Å². The third-order valence-electron chi connectivity index (χ3n) is 3.97. The molecule has 3 aromatic rings. The third kappa shape index (κ3) is 5.12. The second-order valence-corrected chi connectivity index (χ2v) is 7.25. The fraction of sp³-hybridized carbons (Fsp3) is 0.250. The molecule has 0 radical (unpaired) electrons. The topological polar surface area (TPSA) is 88.5 Å². The average molecular weight is 384 g/mol. The number of thiazole rings is 1. The molecule has 0 atom stereocenters. The summed E-state index contributed by atoms with van der Waals surface area (Å²) in [7, 11) is 1.54. The summed E-state index contributed by atoms with van der Waals surface area (Å²) in [6, 6.07) is 12.7. The highest BCUT2D eigenvalue weighted by Crippen LogP contribution is 2.23. The van der Waals surface area contributed by atoms with Crippen LogP contribution in [0.2, 0.25) is 0 Å². The van der Waals surface area contributed by atoms with Crippen molar-refractivity contribution in [3.8, 4) is 0 Å². The Morgan fingerprint density at radius 2 is 2.04 bits per heavy atom. The van der Waals surface area contributed by atoms with Gasteiger partial charge in [0.2, 0.25) is 5.91 Å². The number of ether oxygens (including phenoxy) is 1. The van der Waals surface area contributed by atoms with Gasteiger partial charge in [-0.15, -0.1) is 11.3 Å². The molecular formula is C20H20N2O4S. The van der Waals surface area contributed by atoms with Gasteiger partial charge in [0.05, 0.1) is 27.4 Å². The molecule has 0 saturated carbocycles. The molecule has 0 saturated heterocycles. The smallest absolute Gasteiger partial charge is 0.335 e. The van der Waals surface area contributed by atoms with Crippen molar-refractivity contribution in [3.63, 3.8) is 0 Å². The van der Waals surface area contributed by atoms with Crippen molar-refractivity contribution in [1.82, 2.24) is 4.98 Å². The van der Waals surface area contributed by atoms with Crippen LogP contribution in [-0.4, -0.2) is 29.1 Å². The van der Waals surface area contributed by atoms with E-state index in [4.69, 9.17) is 4.74 Å². The second-order valence-electron chi connectivity index (χ2n) is 6.13. The maximum Gasteiger partial charge on any atom is 0.335 e. The fourth-order valence-corrected chi connectivity index (χ4v) is 3.80. The number of anilines is 1. The fourth-order valence-electron chi connectivity index (χ4n) is 2.79. The second kappa shape index (κ2) is 8.75. The molecular weight excluding hydrogens is 364 g/mol. The lowest BCUT2D eigenvalue weighted by molar-refractivity contribution is -0.116. The Bertz CT molecular complexity index is 935. The Kier molecular flexibility index (Phi) is 6.16. The van der Waals surface area contributed by atoms with Crippen LogP contribution >= 0.6 is 11.3 Å².